The molecule has 0 aliphatic carbocycles. The van der Waals surface area contributed by atoms with Crippen molar-refractivity contribution in [2.45, 2.75) is 19.4 Å². The van der Waals surface area contributed by atoms with Crippen molar-refractivity contribution >= 4 is 23.3 Å². The van der Waals surface area contributed by atoms with Crippen molar-refractivity contribution in [2.24, 2.45) is 0 Å². The highest BCUT2D eigenvalue weighted by Gasteiger charge is 2.18. The molecule has 0 fully saturated rings. The van der Waals surface area contributed by atoms with E-state index in [9.17, 15) is 9.59 Å². The molecule has 0 unspecified atom stereocenters. The number of aromatic carboxylic acids is 1. The fourth-order valence-electron chi connectivity index (χ4n) is 1.70. The largest absolute Gasteiger partial charge is 0.478 e. The zero-order valence-corrected chi connectivity index (χ0v) is 8.78. The molecule has 1 heterocycles. The normalized spacial score (nSPS) is 19.1. The topological polar surface area (TPSA) is 78.4 Å². The fraction of sp³-hybridized carbons (Fsp3) is 0.273. The monoisotopic (exact) mass is 220 g/mol. The highest BCUT2D eigenvalue weighted by molar-refractivity contribution is 5.98. The van der Waals surface area contributed by atoms with E-state index in [0.717, 1.165) is 0 Å². The Bertz CT molecular complexity index is 457. The summed E-state index contributed by atoms with van der Waals surface area (Å²) >= 11 is 0. The highest BCUT2D eigenvalue weighted by atomic mass is 16.4. The van der Waals surface area contributed by atoms with Crippen molar-refractivity contribution in [3.63, 3.8) is 0 Å². The van der Waals surface area contributed by atoms with E-state index in [-0.39, 0.29) is 17.5 Å². The first-order valence-electron chi connectivity index (χ1n) is 5.00. The van der Waals surface area contributed by atoms with Gasteiger partial charge in [-0.2, -0.15) is 0 Å². The lowest BCUT2D eigenvalue weighted by molar-refractivity contribution is -0.116. The maximum Gasteiger partial charge on any atom is 0.335 e. The van der Waals surface area contributed by atoms with Crippen molar-refractivity contribution < 1.29 is 14.7 Å². The number of nitrogens with one attached hydrogen (secondary N) is 2. The van der Waals surface area contributed by atoms with E-state index in [2.05, 4.69) is 10.6 Å². The van der Waals surface area contributed by atoms with Crippen molar-refractivity contribution in [3.8, 4) is 0 Å². The Morgan fingerprint density at radius 2 is 2.19 bits per heavy atom. The van der Waals surface area contributed by atoms with Gasteiger partial charge in [0.1, 0.15) is 0 Å². The number of carbonyl (C=O) groups is 2. The second-order valence-electron chi connectivity index (χ2n) is 3.86. The van der Waals surface area contributed by atoms with E-state index < -0.39 is 5.97 Å². The molecule has 0 saturated heterocycles. The standard InChI is InChI=1S/C11H12N2O3/c1-6-4-10(14)13-8-3-2-7(11(15)16)5-9(8)12-6/h2-3,5-6,12H,4H2,1H3,(H,13,14)(H,15,16)/t6-/m0/s1. The van der Waals surface area contributed by atoms with E-state index in [1.165, 1.54) is 12.1 Å². The Kier molecular flexibility index (Phi) is 2.52. The minimum atomic E-state index is -0.979. The smallest absolute Gasteiger partial charge is 0.335 e. The number of rotatable bonds is 1. The maximum absolute atomic E-state index is 11.4. The van der Waals surface area contributed by atoms with Crippen LogP contribution in [0.4, 0.5) is 11.4 Å². The number of hydrogen-bond donors (Lipinski definition) is 3. The number of benzene rings is 1. The molecule has 2 rings (SSSR count). The van der Waals surface area contributed by atoms with Crippen LogP contribution in [0.25, 0.3) is 0 Å². The van der Waals surface area contributed by atoms with Gasteiger partial charge in [-0.15, -0.1) is 0 Å². The summed E-state index contributed by atoms with van der Waals surface area (Å²) < 4.78 is 0. The number of carboxylic acids is 1. The molecule has 1 amide bonds. The van der Waals surface area contributed by atoms with Gasteiger partial charge in [0.2, 0.25) is 5.91 Å². The number of hydrogen-bond acceptors (Lipinski definition) is 3. The minimum absolute atomic E-state index is 0.00899. The lowest BCUT2D eigenvalue weighted by Gasteiger charge is -2.11. The van der Waals surface area contributed by atoms with Crippen molar-refractivity contribution in [3.05, 3.63) is 23.8 Å². The van der Waals surface area contributed by atoms with Gasteiger partial charge >= 0.3 is 5.97 Å². The summed E-state index contributed by atoms with van der Waals surface area (Å²) in [7, 11) is 0. The maximum atomic E-state index is 11.4. The third kappa shape index (κ3) is 1.98. The first-order valence-corrected chi connectivity index (χ1v) is 5.00. The summed E-state index contributed by atoms with van der Waals surface area (Å²) in [6.07, 6.45) is 0.372. The van der Waals surface area contributed by atoms with Crippen LogP contribution < -0.4 is 10.6 Å². The summed E-state index contributed by atoms with van der Waals surface area (Å²) in [4.78, 5) is 22.2. The summed E-state index contributed by atoms with van der Waals surface area (Å²) in [5, 5.41) is 14.7. The van der Waals surface area contributed by atoms with Gasteiger partial charge in [-0.25, -0.2) is 4.79 Å². The Labute approximate surface area is 92.5 Å². The van der Waals surface area contributed by atoms with E-state index in [0.29, 0.717) is 17.8 Å². The Morgan fingerprint density at radius 3 is 2.88 bits per heavy atom. The van der Waals surface area contributed by atoms with Gasteiger partial charge in [0.15, 0.2) is 0 Å². The molecular formula is C11H12N2O3. The van der Waals surface area contributed by atoms with Crippen LogP contribution in [0.5, 0.6) is 0 Å². The SMILES string of the molecule is C[C@H]1CC(=O)Nc2ccc(C(=O)O)cc2N1. The predicted molar refractivity (Wildman–Crippen MR) is 59.7 cm³/mol. The molecule has 3 N–H and O–H groups in total. The lowest BCUT2D eigenvalue weighted by Crippen LogP contribution is -2.18. The van der Waals surface area contributed by atoms with Crippen molar-refractivity contribution in [2.75, 3.05) is 10.6 Å². The third-order valence-electron chi connectivity index (χ3n) is 2.43. The summed E-state index contributed by atoms with van der Waals surface area (Å²) in [5.41, 5.74) is 1.48. The molecule has 5 nitrogen and oxygen atoms in total. The van der Waals surface area contributed by atoms with Crippen LogP contribution in [0.15, 0.2) is 18.2 Å². The van der Waals surface area contributed by atoms with Gasteiger partial charge in [0.25, 0.3) is 0 Å². The summed E-state index contributed by atoms with van der Waals surface area (Å²) in [5.74, 6) is -1.05. The Hall–Kier alpha value is -2.04. The van der Waals surface area contributed by atoms with Crippen LogP contribution in [0.2, 0.25) is 0 Å². The highest BCUT2D eigenvalue weighted by Crippen LogP contribution is 2.27. The molecular weight excluding hydrogens is 208 g/mol. The molecule has 84 valence electrons. The molecule has 1 atom stereocenters. The summed E-state index contributed by atoms with van der Waals surface area (Å²) in [6, 6.07) is 4.59. The first kappa shape index (κ1) is 10.5. The molecule has 16 heavy (non-hydrogen) atoms. The Balaban J connectivity index is 2.42. The van der Waals surface area contributed by atoms with E-state index in [4.69, 9.17) is 5.11 Å². The molecule has 1 aliphatic heterocycles. The summed E-state index contributed by atoms with van der Waals surface area (Å²) in [6.45, 7) is 1.88. The van der Waals surface area contributed by atoms with Gasteiger partial charge in [-0.1, -0.05) is 0 Å². The van der Waals surface area contributed by atoms with Crippen LogP contribution in [0.3, 0.4) is 0 Å². The molecule has 1 aromatic rings. The second kappa shape index (κ2) is 3.84. The van der Waals surface area contributed by atoms with Gasteiger partial charge in [0, 0.05) is 12.5 Å². The zero-order valence-electron chi connectivity index (χ0n) is 8.78. The van der Waals surface area contributed by atoms with Gasteiger partial charge < -0.3 is 15.7 Å². The van der Waals surface area contributed by atoms with Gasteiger partial charge in [-0.3, -0.25) is 4.79 Å². The van der Waals surface area contributed by atoms with Crippen LogP contribution >= 0.6 is 0 Å². The van der Waals surface area contributed by atoms with E-state index >= 15 is 0 Å². The number of carboxylic acid groups (broad SMARTS) is 1. The Morgan fingerprint density at radius 1 is 1.44 bits per heavy atom. The molecule has 0 aromatic heterocycles. The van der Waals surface area contributed by atoms with Crippen LogP contribution in [0, 0.1) is 0 Å². The van der Waals surface area contributed by atoms with E-state index in [1.807, 2.05) is 6.92 Å². The molecule has 0 bridgehead atoms. The molecule has 1 aliphatic rings. The average Bonchev–Trinajstić information content (AvgIpc) is 2.32. The van der Waals surface area contributed by atoms with Crippen LogP contribution in [-0.4, -0.2) is 23.0 Å². The molecule has 5 heteroatoms. The minimum Gasteiger partial charge on any atom is -0.478 e. The third-order valence-corrected chi connectivity index (χ3v) is 2.43. The molecule has 0 spiro atoms. The fourth-order valence-corrected chi connectivity index (χ4v) is 1.70. The lowest BCUT2D eigenvalue weighted by atomic mass is 10.1. The predicted octanol–water partition coefficient (Wildman–Crippen LogP) is 1.53. The second-order valence-corrected chi connectivity index (χ2v) is 3.86. The molecule has 1 aromatic carbocycles. The number of anilines is 2. The number of carbonyl (C=O) groups excluding carboxylic acids is 1. The first-order chi connectivity index (χ1) is 7.56. The van der Waals surface area contributed by atoms with E-state index in [1.54, 1.807) is 6.07 Å². The number of fused-ring (bicyclic) bond motifs is 1. The quantitative estimate of drug-likeness (QED) is 0.670. The van der Waals surface area contributed by atoms with Crippen LogP contribution in [-0.2, 0) is 4.79 Å². The average molecular weight is 220 g/mol. The molecule has 0 radical (unpaired) electrons. The molecule has 0 saturated carbocycles. The van der Waals surface area contributed by atoms with Crippen molar-refractivity contribution in [1.29, 1.82) is 0 Å². The van der Waals surface area contributed by atoms with Gasteiger partial charge in [-0.05, 0) is 25.1 Å². The number of amides is 1. The van der Waals surface area contributed by atoms with Crippen LogP contribution in [0.1, 0.15) is 23.7 Å². The van der Waals surface area contributed by atoms with Gasteiger partial charge in [0.05, 0.1) is 16.9 Å². The zero-order chi connectivity index (χ0) is 11.7. The van der Waals surface area contributed by atoms with Crippen molar-refractivity contribution in [1.82, 2.24) is 0 Å².